The Morgan fingerprint density at radius 1 is 1.20 bits per heavy atom. The van der Waals surface area contributed by atoms with Crippen molar-refractivity contribution in [2.45, 2.75) is 11.8 Å². The minimum absolute atomic E-state index is 0.365. The van der Waals surface area contributed by atoms with Crippen molar-refractivity contribution < 1.29 is 13.2 Å². The number of sulfonamides is 1. The fourth-order valence-corrected chi connectivity index (χ4v) is 3.73. The highest BCUT2D eigenvalue weighted by Crippen LogP contribution is 2.14. The van der Waals surface area contributed by atoms with Crippen molar-refractivity contribution in [2.75, 3.05) is 45.9 Å². The lowest BCUT2D eigenvalue weighted by atomic mass is 10.4. The van der Waals surface area contributed by atoms with Crippen molar-refractivity contribution in [1.82, 2.24) is 9.21 Å². The Morgan fingerprint density at radius 2 is 1.85 bits per heavy atom. The molecule has 1 aromatic rings. The average Bonchev–Trinajstić information content (AvgIpc) is 2.49. The van der Waals surface area contributed by atoms with Crippen LogP contribution in [-0.4, -0.2) is 63.6 Å². The third-order valence-corrected chi connectivity index (χ3v) is 5.49. The molecule has 1 aromatic carbocycles. The third-order valence-electron chi connectivity index (χ3n) is 3.50. The molecule has 0 bridgehead atoms. The van der Waals surface area contributed by atoms with Crippen LogP contribution in [0.15, 0.2) is 35.2 Å². The highest BCUT2D eigenvalue weighted by Gasteiger charge is 2.23. The highest BCUT2D eigenvalue weighted by molar-refractivity contribution is 7.89. The van der Waals surface area contributed by atoms with Gasteiger partial charge < -0.3 is 4.74 Å². The fraction of sp³-hybridized carbons (Fsp3) is 0.571. The minimum Gasteiger partial charge on any atom is -0.379 e. The van der Waals surface area contributed by atoms with Gasteiger partial charge in [0.1, 0.15) is 0 Å². The summed E-state index contributed by atoms with van der Waals surface area (Å²) in [7, 11) is -3.38. The summed E-state index contributed by atoms with van der Waals surface area (Å²) < 4.78 is 31.9. The number of morpholine rings is 1. The Kier molecular flexibility index (Phi) is 5.54. The Labute approximate surface area is 121 Å². The molecule has 0 spiro atoms. The predicted molar refractivity (Wildman–Crippen MR) is 78.1 cm³/mol. The molecular formula is C14H22N2O3S. The lowest BCUT2D eigenvalue weighted by Crippen LogP contribution is -2.43. The number of nitrogens with zero attached hydrogens (tertiary/aromatic N) is 2. The van der Waals surface area contributed by atoms with Gasteiger partial charge in [-0.2, -0.15) is 4.31 Å². The molecular weight excluding hydrogens is 276 g/mol. The number of benzene rings is 1. The predicted octanol–water partition coefficient (Wildman–Crippen LogP) is 1.03. The summed E-state index contributed by atoms with van der Waals surface area (Å²) in [4.78, 5) is 2.61. The first-order valence-electron chi connectivity index (χ1n) is 7.00. The highest BCUT2D eigenvalue weighted by atomic mass is 32.2. The zero-order valence-electron chi connectivity index (χ0n) is 11.9. The molecule has 1 aliphatic rings. The van der Waals surface area contributed by atoms with Crippen molar-refractivity contribution in [3.63, 3.8) is 0 Å². The Hall–Kier alpha value is -0.950. The topological polar surface area (TPSA) is 49.9 Å². The SMILES string of the molecule is CCN(CCN1CCOCC1)S(=O)(=O)c1ccccc1. The van der Waals surface area contributed by atoms with Gasteiger partial charge in [0.15, 0.2) is 0 Å². The van der Waals surface area contributed by atoms with E-state index in [2.05, 4.69) is 4.90 Å². The molecule has 0 N–H and O–H groups in total. The molecule has 0 aliphatic carbocycles. The molecule has 0 atom stereocenters. The van der Waals surface area contributed by atoms with E-state index in [9.17, 15) is 8.42 Å². The fourth-order valence-electron chi connectivity index (χ4n) is 2.27. The van der Waals surface area contributed by atoms with Crippen LogP contribution in [0.3, 0.4) is 0 Å². The average molecular weight is 298 g/mol. The second-order valence-electron chi connectivity index (χ2n) is 4.76. The first-order chi connectivity index (χ1) is 9.64. The van der Waals surface area contributed by atoms with Gasteiger partial charge in [-0.15, -0.1) is 0 Å². The molecule has 1 saturated heterocycles. The van der Waals surface area contributed by atoms with Gasteiger partial charge in [0, 0.05) is 32.7 Å². The monoisotopic (exact) mass is 298 g/mol. The van der Waals surface area contributed by atoms with E-state index >= 15 is 0 Å². The van der Waals surface area contributed by atoms with Gasteiger partial charge in [0.25, 0.3) is 0 Å². The molecule has 0 radical (unpaired) electrons. The van der Waals surface area contributed by atoms with Gasteiger partial charge in [-0.25, -0.2) is 8.42 Å². The third kappa shape index (κ3) is 3.79. The van der Waals surface area contributed by atoms with Crippen molar-refractivity contribution >= 4 is 10.0 Å². The van der Waals surface area contributed by atoms with Gasteiger partial charge in [-0.3, -0.25) is 4.90 Å². The molecule has 112 valence electrons. The molecule has 1 heterocycles. The summed E-state index contributed by atoms with van der Waals surface area (Å²) in [5.74, 6) is 0. The maximum atomic E-state index is 12.5. The molecule has 1 fully saturated rings. The zero-order valence-corrected chi connectivity index (χ0v) is 12.7. The van der Waals surface area contributed by atoms with E-state index in [1.165, 1.54) is 4.31 Å². The molecule has 0 saturated carbocycles. The van der Waals surface area contributed by atoms with Gasteiger partial charge in [-0.05, 0) is 12.1 Å². The molecule has 0 unspecified atom stereocenters. The molecule has 2 rings (SSSR count). The number of hydrogen-bond acceptors (Lipinski definition) is 4. The Bertz CT molecular complexity index is 498. The van der Waals surface area contributed by atoms with Crippen molar-refractivity contribution in [3.8, 4) is 0 Å². The van der Waals surface area contributed by atoms with Crippen molar-refractivity contribution in [1.29, 1.82) is 0 Å². The number of ether oxygens (including phenoxy) is 1. The van der Waals surface area contributed by atoms with Gasteiger partial charge in [-0.1, -0.05) is 25.1 Å². The number of rotatable bonds is 6. The van der Waals surface area contributed by atoms with E-state index in [-0.39, 0.29) is 0 Å². The normalized spacial score (nSPS) is 17.5. The number of hydrogen-bond donors (Lipinski definition) is 0. The second kappa shape index (κ2) is 7.17. The lowest BCUT2D eigenvalue weighted by molar-refractivity contribution is 0.0364. The zero-order chi connectivity index (χ0) is 14.4. The lowest BCUT2D eigenvalue weighted by Gasteiger charge is -2.29. The standard InChI is InChI=1S/C14H22N2O3S/c1-2-16(9-8-15-10-12-19-13-11-15)20(17,18)14-6-4-3-5-7-14/h3-7H,2,8-13H2,1H3. The van der Waals surface area contributed by atoms with Crippen LogP contribution in [0, 0.1) is 0 Å². The van der Waals surface area contributed by atoms with Crippen LogP contribution in [0.1, 0.15) is 6.92 Å². The van der Waals surface area contributed by atoms with Crippen molar-refractivity contribution in [2.24, 2.45) is 0 Å². The minimum atomic E-state index is -3.38. The van der Waals surface area contributed by atoms with Gasteiger partial charge in [0.05, 0.1) is 18.1 Å². The summed E-state index contributed by atoms with van der Waals surface area (Å²) in [6.07, 6.45) is 0. The van der Waals surface area contributed by atoms with Crippen LogP contribution in [-0.2, 0) is 14.8 Å². The largest absolute Gasteiger partial charge is 0.379 e. The summed E-state index contributed by atoms with van der Waals surface area (Å²) >= 11 is 0. The van der Waals surface area contributed by atoms with E-state index < -0.39 is 10.0 Å². The van der Waals surface area contributed by atoms with Gasteiger partial charge >= 0.3 is 0 Å². The molecule has 6 heteroatoms. The molecule has 5 nitrogen and oxygen atoms in total. The van der Waals surface area contributed by atoms with Crippen LogP contribution in [0.25, 0.3) is 0 Å². The van der Waals surface area contributed by atoms with E-state index in [1.54, 1.807) is 24.3 Å². The van der Waals surface area contributed by atoms with Crippen molar-refractivity contribution in [3.05, 3.63) is 30.3 Å². The van der Waals surface area contributed by atoms with Crippen LogP contribution < -0.4 is 0 Å². The smallest absolute Gasteiger partial charge is 0.243 e. The van der Waals surface area contributed by atoms with Gasteiger partial charge in [0.2, 0.25) is 10.0 Å². The molecule has 0 amide bonds. The van der Waals surface area contributed by atoms with E-state index in [1.807, 2.05) is 13.0 Å². The Balaban J connectivity index is 2.00. The first-order valence-corrected chi connectivity index (χ1v) is 8.44. The molecule has 20 heavy (non-hydrogen) atoms. The summed E-state index contributed by atoms with van der Waals surface area (Å²) in [5, 5.41) is 0. The summed E-state index contributed by atoms with van der Waals surface area (Å²) in [6, 6.07) is 8.62. The van der Waals surface area contributed by atoms with E-state index in [0.717, 1.165) is 32.8 Å². The molecule has 0 aromatic heterocycles. The first kappa shape index (κ1) is 15.4. The van der Waals surface area contributed by atoms with Crippen LogP contribution in [0.5, 0.6) is 0 Å². The van der Waals surface area contributed by atoms with E-state index in [4.69, 9.17) is 4.74 Å². The maximum absolute atomic E-state index is 12.5. The van der Waals surface area contributed by atoms with Crippen LogP contribution in [0.4, 0.5) is 0 Å². The molecule has 1 aliphatic heterocycles. The Morgan fingerprint density at radius 3 is 2.45 bits per heavy atom. The van der Waals surface area contributed by atoms with Crippen LogP contribution >= 0.6 is 0 Å². The number of likely N-dealkylation sites (N-methyl/N-ethyl adjacent to an activating group) is 1. The summed E-state index contributed by atoms with van der Waals surface area (Å²) in [5.41, 5.74) is 0. The second-order valence-corrected chi connectivity index (χ2v) is 6.70. The summed E-state index contributed by atoms with van der Waals surface area (Å²) in [6.45, 7) is 6.86. The van der Waals surface area contributed by atoms with E-state index in [0.29, 0.717) is 18.0 Å². The maximum Gasteiger partial charge on any atom is 0.243 e. The quantitative estimate of drug-likeness (QED) is 0.787. The van der Waals surface area contributed by atoms with Crippen LogP contribution in [0.2, 0.25) is 0 Å².